The number of esters is 1. The Morgan fingerprint density at radius 1 is 1.14 bits per heavy atom. The van der Waals surface area contributed by atoms with Crippen LogP contribution in [0.1, 0.15) is 50.3 Å². The summed E-state index contributed by atoms with van der Waals surface area (Å²) in [5, 5.41) is 0.792. The number of fused-ring (bicyclic) bond motifs is 2. The van der Waals surface area contributed by atoms with Gasteiger partial charge in [-0.25, -0.2) is 4.79 Å². The smallest absolute Gasteiger partial charge is 0.339 e. The van der Waals surface area contributed by atoms with Gasteiger partial charge in [-0.2, -0.15) is 0 Å². The number of ether oxygens (including phenoxy) is 1. The fraction of sp³-hybridized carbons (Fsp3) is 0.412. The van der Waals surface area contributed by atoms with Crippen LogP contribution in [0.25, 0.3) is 11.0 Å². The summed E-state index contributed by atoms with van der Waals surface area (Å²) in [6.45, 7) is 9.40. The molecule has 0 N–H and O–H groups in total. The molecule has 0 unspecified atom stereocenters. The van der Waals surface area contributed by atoms with Crippen molar-refractivity contribution in [1.29, 1.82) is 0 Å². The topological polar surface area (TPSA) is 56.5 Å². The second kappa shape index (κ2) is 4.20. The Hall–Kier alpha value is -2.10. The quantitative estimate of drug-likeness (QED) is 0.458. The largest absolute Gasteiger partial charge is 0.426 e. The van der Waals surface area contributed by atoms with Crippen LogP contribution in [0.15, 0.2) is 21.3 Å². The molecule has 0 saturated heterocycles. The predicted molar refractivity (Wildman–Crippen MR) is 80.0 cm³/mol. The number of hydrogen-bond donors (Lipinski definition) is 0. The maximum absolute atomic E-state index is 12.1. The SMILES string of the molecule is Cc1c2c(cc3cc(C(C)C)c(=O)oc13)OC(=O)C2(C)C. The van der Waals surface area contributed by atoms with E-state index in [1.165, 1.54) is 0 Å². The number of hydrogen-bond acceptors (Lipinski definition) is 4. The molecule has 1 aromatic carbocycles. The lowest BCUT2D eigenvalue weighted by Crippen LogP contribution is -2.26. The fourth-order valence-corrected chi connectivity index (χ4v) is 3.00. The van der Waals surface area contributed by atoms with Crippen LogP contribution in [0.4, 0.5) is 0 Å². The molecule has 0 amide bonds. The molecule has 0 fully saturated rings. The van der Waals surface area contributed by atoms with E-state index in [1.54, 1.807) is 6.07 Å². The lowest BCUT2D eigenvalue weighted by atomic mass is 9.83. The monoisotopic (exact) mass is 286 g/mol. The average molecular weight is 286 g/mol. The van der Waals surface area contributed by atoms with E-state index >= 15 is 0 Å². The van der Waals surface area contributed by atoms with Crippen LogP contribution in [0.2, 0.25) is 0 Å². The Bertz CT molecular complexity index is 825. The summed E-state index contributed by atoms with van der Waals surface area (Å²) < 4.78 is 10.9. The molecular formula is C17H18O4. The van der Waals surface area contributed by atoms with Gasteiger partial charge in [0.1, 0.15) is 11.3 Å². The molecule has 1 aromatic heterocycles. The Labute approximate surface area is 122 Å². The lowest BCUT2D eigenvalue weighted by molar-refractivity contribution is -0.137. The maximum atomic E-state index is 12.1. The summed E-state index contributed by atoms with van der Waals surface area (Å²) >= 11 is 0. The summed E-state index contributed by atoms with van der Waals surface area (Å²) in [5.41, 5.74) is 1.73. The van der Waals surface area contributed by atoms with Crippen LogP contribution in [0.5, 0.6) is 5.75 Å². The molecule has 0 aliphatic carbocycles. The molecule has 0 saturated carbocycles. The van der Waals surface area contributed by atoms with Gasteiger partial charge in [0, 0.05) is 22.1 Å². The highest BCUT2D eigenvalue weighted by Gasteiger charge is 2.43. The van der Waals surface area contributed by atoms with Gasteiger partial charge in [-0.15, -0.1) is 0 Å². The van der Waals surface area contributed by atoms with Gasteiger partial charge in [0.05, 0.1) is 5.41 Å². The minimum Gasteiger partial charge on any atom is -0.426 e. The van der Waals surface area contributed by atoms with Crippen molar-refractivity contribution in [3.8, 4) is 5.75 Å². The first-order valence-electron chi connectivity index (χ1n) is 7.07. The second-order valence-electron chi connectivity index (χ2n) is 6.45. The molecule has 1 aliphatic heterocycles. The van der Waals surface area contributed by atoms with Crippen molar-refractivity contribution in [3.05, 3.63) is 39.2 Å². The molecule has 2 aromatic rings. The highest BCUT2D eigenvalue weighted by Crippen LogP contribution is 2.44. The van der Waals surface area contributed by atoms with Gasteiger partial charge in [0.25, 0.3) is 0 Å². The third kappa shape index (κ3) is 1.82. The molecule has 0 atom stereocenters. The first-order chi connectivity index (χ1) is 9.73. The molecule has 0 bridgehead atoms. The molecule has 21 heavy (non-hydrogen) atoms. The summed E-state index contributed by atoms with van der Waals surface area (Å²) in [7, 11) is 0. The standard InChI is InChI=1S/C17H18O4/c1-8(2)11-6-10-7-12-13(17(4,5)16(19)20-12)9(3)14(10)21-15(11)18/h6-8H,1-5H3. The van der Waals surface area contributed by atoms with Gasteiger partial charge in [-0.3, -0.25) is 4.79 Å². The van der Waals surface area contributed by atoms with E-state index in [2.05, 4.69) is 0 Å². The van der Waals surface area contributed by atoms with E-state index < -0.39 is 5.41 Å². The van der Waals surface area contributed by atoms with Crippen molar-refractivity contribution >= 4 is 16.9 Å². The number of rotatable bonds is 1. The summed E-state index contributed by atoms with van der Waals surface area (Å²) in [6, 6.07) is 3.62. The zero-order chi connectivity index (χ0) is 15.5. The van der Waals surface area contributed by atoms with Crippen LogP contribution in [-0.2, 0) is 10.2 Å². The maximum Gasteiger partial charge on any atom is 0.339 e. The van der Waals surface area contributed by atoms with Crippen molar-refractivity contribution < 1.29 is 13.9 Å². The van der Waals surface area contributed by atoms with Crippen molar-refractivity contribution in [2.24, 2.45) is 0 Å². The van der Waals surface area contributed by atoms with E-state index in [-0.39, 0.29) is 17.5 Å². The van der Waals surface area contributed by atoms with Crippen molar-refractivity contribution in [3.63, 3.8) is 0 Å². The molecule has 3 rings (SSSR count). The Morgan fingerprint density at radius 2 is 1.81 bits per heavy atom. The fourth-order valence-electron chi connectivity index (χ4n) is 3.00. The van der Waals surface area contributed by atoms with Gasteiger partial charge >= 0.3 is 11.6 Å². The Morgan fingerprint density at radius 3 is 2.43 bits per heavy atom. The molecular weight excluding hydrogens is 268 g/mol. The van der Waals surface area contributed by atoms with Gasteiger partial charge in [0.15, 0.2) is 0 Å². The van der Waals surface area contributed by atoms with Crippen LogP contribution >= 0.6 is 0 Å². The number of aryl methyl sites for hydroxylation is 1. The summed E-state index contributed by atoms with van der Waals surface area (Å²) in [5.74, 6) is 0.374. The van der Waals surface area contributed by atoms with Crippen LogP contribution in [0.3, 0.4) is 0 Å². The first-order valence-corrected chi connectivity index (χ1v) is 7.07. The normalized spacial score (nSPS) is 16.4. The van der Waals surface area contributed by atoms with Gasteiger partial charge in [-0.1, -0.05) is 13.8 Å². The lowest BCUT2D eigenvalue weighted by Gasteiger charge is -2.16. The average Bonchev–Trinajstić information content (AvgIpc) is 2.60. The van der Waals surface area contributed by atoms with E-state index in [9.17, 15) is 9.59 Å². The summed E-state index contributed by atoms with van der Waals surface area (Å²) in [6.07, 6.45) is 0. The van der Waals surface area contributed by atoms with Crippen LogP contribution in [-0.4, -0.2) is 5.97 Å². The third-order valence-electron chi connectivity index (χ3n) is 4.21. The summed E-state index contributed by atoms with van der Waals surface area (Å²) in [4.78, 5) is 24.1. The predicted octanol–water partition coefficient (Wildman–Crippen LogP) is 3.42. The molecule has 0 radical (unpaired) electrons. The van der Waals surface area contributed by atoms with Gasteiger partial charge < -0.3 is 9.15 Å². The minimum atomic E-state index is -0.719. The Kier molecular flexibility index (Phi) is 2.77. The molecule has 1 aliphatic rings. The molecule has 2 heterocycles. The zero-order valence-corrected chi connectivity index (χ0v) is 12.9. The van der Waals surface area contributed by atoms with Gasteiger partial charge in [0.2, 0.25) is 0 Å². The highest BCUT2D eigenvalue weighted by atomic mass is 16.5. The second-order valence-corrected chi connectivity index (χ2v) is 6.45. The highest BCUT2D eigenvalue weighted by molar-refractivity contribution is 5.95. The third-order valence-corrected chi connectivity index (χ3v) is 4.21. The van der Waals surface area contributed by atoms with Crippen LogP contribution in [0, 0.1) is 6.92 Å². The van der Waals surface area contributed by atoms with E-state index in [0.717, 1.165) is 16.5 Å². The van der Waals surface area contributed by atoms with Crippen LogP contribution < -0.4 is 10.4 Å². The Balaban J connectivity index is 2.40. The van der Waals surface area contributed by atoms with E-state index in [4.69, 9.17) is 9.15 Å². The van der Waals surface area contributed by atoms with E-state index in [1.807, 2.05) is 40.7 Å². The number of benzene rings is 1. The first kappa shape index (κ1) is 13.9. The van der Waals surface area contributed by atoms with Crippen molar-refractivity contribution in [2.45, 2.75) is 46.0 Å². The minimum absolute atomic E-state index is 0.0817. The molecule has 0 spiro atoms. The number of carbonyl (C=O) groups excluding carboxylic acids is 1. The zero-order valence-electron chi connectivity index (χ0n) is 12.9. The van der Waals surface area contributed by atoms with Crippen molar-refractivity contribution in [1.82, 2.24) is 0 Å². The van der Waals surface area contributed by atoms with Crippen molar-refractivity contribution in [2.75, 3.05) is 0 Å². The van der Waals surface area contributed by atoms with Gasteiger partial charge in [-0.05, 0) is 38.8 Å². The molecule has 4 nitrogen and oxygen atoms in total. The van der Waals surface area contributed by atoms with E-state index in [0.29, 0.717) is 16.9 Å². The molecule has 4 heteroatoms. The molecule has 110 valence electrons. The number of carbonyl (C=O) groups is 1.